The zero-order chi connectivity index (χ0) is 13.7. The Morgan fingerprint density at radius 1 is 1.42 bits per heavy atom. The van der Waals surface area contributed by atoms with Crippen LogP contribution in [0.5, 0.6) is 5.75 Å². The van der Waals surface area contributed by atoms with E-state index in [1.807, 2.05) is 0 Å². The minimum atomic E-state index is 0.623. The Kier molecular flexibility index (Phi) is 5.23. The second kappa shape index (κ2) is 6.92. The molecule has 0 aromatic heterocycles. The number of methoxy groups -OCH3 is 1. The van der Waals surface area contributed by atoms with E-state index in [-0.39, 0.29) is 0 Å². The van der Waals surface area contributed by atoms with E-state index < -0.39 is 0 Å². The molecule has 1 N–H and O–H groups in total. The summed E-state index contributed by atoms with van der Waals surface area (Å²) in [5.74, 6) is 1.01. The molecule has 3 heteroatoms. The predicted octanol–water partition coefficient (Wildman–Crippen LogP) is 2.58. The highest BCUT2D eigenvalue weighted by Crippen LogP contribution is 2.22. The molecule has 106 valence electrons. The minimum absolute atomic E-state index is 0.623. The van der Waals surface area contributed by atoms with Gasteiger partial charge in [-0.2, -0.15) is 0 Å². The van der Waals surface area contributed by atoms with Gasteiger partial charge < -0.3 is 10.1 Å². The van der Waals surface area contributed by atoms with Crippen molar-refractivity contribution >= 4 is 0 Å². The van der Waals surface area contributed by atoms with Gasteiger partial charge in [-0.15, -0.1) is 0 Å². The molecule has 1 heterocycles. The molecule has 0 amide bonds. The normalized spacial score (nSPS) is 21.1. The number of aryl methyl sites for hydroxylation is 1. The van der Waals surface area contributed by atoms with Gasteiger partial charge in [0.15, 0.2) is 0 Å². The molecule has 0 aliphatic carbocycles. The van der Waals surface area contributed by atoms with Gasteiger partial charge in [0.2, 0.25) is 0 Å². The largest absolute Gasteiger partial charge is 0.496 e. The number of benzene rings is 1. The van der Waals surface area contributed by atoms with E-state index in [0.717, 1.165) is 25.4 Å². The first-order valence-electron chi connectivity index (χ1n) is 7.32. The van der Waals surface area contributed by atoms with Crippen LogP contribution in [0.25, 0.3) is 0 Å². The number of hydrogen-bond acceptors (Lipinski definition) is 3. The van der Waals surface area contributed by atoms with Crippen LogP contribution >= 0.6 is 0 Å². The molecule has 1 unspecified atom stereocenters. The second-order valence-electron chi connectivity index (χ2n) is 5.46. The summed E-state index contributed by atoms with van der Waals surface area (Å²) in [6.45, 7) is 8.83. The molecule has 0 spiro atoms. The molecule has 1 atom stereocenters. The summed E-state index contributed by atoms with van der Waals surface area (Å²) in [5.41, 5.74) is 2.61. The summed E-state index contributed by atoms with van der Waals surface area (Å²) in [7, 11) is 1.76. The van der Waals surface area contributed by atoms with Crippen LogP contribution in [0, 0.1) is 6.92 Å². The highest BCUT2D eigenvalue weighted by Gasteiger charge is 2.17. The third kappa shape index (κ3) is 3.95. The fourth-order valence-electron chi connectivity index (χ4n) is 2.77. The first kappa shape index (κ1) is 14.4. The molecule has 1 aliphatic heterocycles. The standard InChI is InChI=1S/C16H26N2O/c1-4-15-12-18(9-5-8-17-15)11-14-10-13(2)6-7-16(14)19-3/h6-7,10,15,17H,4-5,8-9,11-12H2,1-3H3. The van der Waals surface area contributed by atoms with Gasteiger partial charge >= 0.3 is 0 Å². The number of nitrogens with zero attached hydrogens (tertiary/aromatic N) is 1. The van der Waals surface area contributed by atoms with Crippen molar-refractivity contribution < 1.29 is 4.74 Å². The van der Waals surface area contributed by atoms with Gasteiger partial charge in [-0.25, -0.2) is 0 Å². The lowest BCUT2D eigenvalue weighted by atomic mass is 10.1. The lowest BCUT2D eigenvalue weighted by molar-refractivity contribution is 0.253. The SMILES string of the molecule is CCC1CN(Cc2cc(C)ccc2OC)CCCN1. The van der Waals surface area contributed by atoms with Crippen LogP contribution < -0.4 is 10.1 Å². The van der Waals surface area contributed by atoms with E-state index in [0.29, 0.717) is 6.04 Å². The summed E-state index contributed by atoms with van der Waals surface area (Å²) < 4.78 is 5.48. The van der Waals surface area contributed by atoms with Crippen LogP contribution in [0.4, 0.5) is 0 Å². The van der Waals surface area contributed by atoms with Crippen molar-refractivity contribution in [1.82, 2.24) is 10.2 Å². The van der Waals surface area contributed by atoms with E-state index in [9.17, 15) is 0 Å². The fourth-order valence-corrected chi connectivity index (χ4v) is 2.77. The lowest BCUT2D eigenvalue weighted by Crippen LogP contribution is -2.36. The highest BCUT2D eigenvalue weighted by atomic mass is 16.5. The number of ether oxygens (including phenoxy) is 1. The Hall–Kier alpha value is -1.06. The average Bonchev–Trinajstić information content (AvgIpc) is 2.64. The summed E-state index contributed by atoms with van der Waals surface area (Å²) >= 11 is 0. The molecule has 0 radical (unpaired) electrons. The first-order chi connectivity index (χ1) is 9.22. The van der Waals surface area contributed by atoms with E-state index in [4.69, 9.17) is 4.74 Å². The predicted molar refractivity (Wildman–Crippen MR) is 79.7 cm³/mol. The van der Waals surface area contributed by atoms with Crippen LogP contribution in [0.15, 0.2) is 18.2 Å². The fraction of sp³-hybridized carbons (Fsp3) is 0.625. The van der Waals surface area contributed by atoms with Crippen molar-refractivity contribution in [2.24, 2.45) is 0 Å². The van der Waals surface area contributed by atoms with E-state index in [2.05, 4.69) is 42.3 Å². The van der Waals surface area contributed by atoms with E-state index >= 15 is 0 Å². The molecule has 1 fully saturated rings. The van der Waals surface area contributed by atoms with E-state index in [1.54, 1.807) is 7.11 Å². The molecule has 3 nitrogen and oxygen atoms in total. The van der Waals surface area contributed by atoms with Gasteiger partial charge in [-0.3, -0.25) is 4.90 Å². The Morgan fingerprint density at radius 2 is 2.26 bits per heavy atom. The molecule has 1 aliphatic rings. The molecule has 1 saturated heterocycles. The molecule has 1 aromatic carbocycles. The van der Waals surface area contributed by atoms with Crippen molar-refractivity contribution in [3.63, 3.8) is 0 Å². The third-order valence-electron chi connectivity index (χ3n) is 3.89. The van der Waals surface area contributed by atoms with Gasteiger partial charge in [0.25, 0.3) is 0 Å². The summed E-state index contributed by atoms with van der Waals surface area (Å²) in [5, 5.41) is 3.61. The zero-order valence-corrected chi connectivity index (χ0v) is 12.4. The first-order valence-corrected chi connectivity index (χ1v) is 7.32. The molecular formula is C16H26N2O. The van der Waals surface area contributed by atoms with Crippen LogP contribution in [0.3, 0.4) is 0 Å². The Labute approximate surface area is 116 Å². The van der Waals surface area contributed by atoms with Crippen LogP contribution in [0.1, 0.15) is 30.9 Å². The molecule has 1 aromatic rings. The lowest BCUT2D eigenvalue weighted by Gasteiger charge is -2.24. The monoisotopic (exact) mass is 262 g/mol. The summed E-state index contributed by atoms with van der Waals surface area (Å²) in [6, 6.07) is 7.07. The quantitative estimate of drug-likeness (QED) is 0.902. The highest BCUT2D eigenvalue weighted by molar-refractivity contribution is 5.36. The topological polar surface area (TPSA) is 24.5 Å². The van der Waals surface area contributed by atoms with Crippen molar-refractivity contribution in [2.45, 2.75) is 39.3 Å². The van der Waals surface area contributed by atoms with Crippen molar-refractivity contribution in [2.75, 3.05) is 26.7 Å². The van der Waals surface area contributed by atoms with Gasteiger partial charge in [0.1, 0.15) is 5.75 Å². The minimum Gasteiger partial charge on any atom is -0.496 e. The summed E-state index contributed by atoms with van der Waals surface area (Å²) in [6.07, 6.45) is 2.42. The molecule has 0 saturated carbocycles. The average molecular weight is 262 g/mol. The van der Waals surface area contributed by atoms with Crippen molar-refractivity contribution in [3.05, 3.63) is 29.3 Å². The number of hydrogen-bond donors (Lipinski definition) is 1. The second-order valence-corrected chi connectivity index (χ2v) is 5.46. The zero-order valence-electron chi connectivity index (χ0n) is 12.4. The van der Waals surface area contributed by atoms with Gasteiger partial charge in [0.05, 0.1) is 7.11 Å². The Morgan fingerprint density at radius 3 is 3.00 bits per heavy atom. The molecular weight excluding hydrogens is 236 g/mol. The Balaban J connectivity index is 2.08. The van der Waals surface area contributed by atoms with Gasteiger partial charge in [-0.05, 0) is 38.9 Å². The number of rotatable bonds is 4. The third-order valence-corrected chi connectivity index (χ3v) is 3.89. The molecule has 0 bridgehead atoms. The smallest absolute Gasteiger partial charge is 0.123 e. The molecule has 2 rings (SSSR count). The van der Waals surface area contributed by atoms with Crippen LogP contribution in [-0.2, 0) is 6.54 Å². The van der Waals surface area contributed by atoms with Gasteiger partial charge in [0, 0.05) is 24.7 Å². The Bertz CT molecular complexity index is 406. The van der Waals surface area contributed by atoms with Crippen LogP contribution in [0.2, 0.25) is 0 Å². The maximum absolute atomic E-state index is 5.48. The maximum atomic E-state index is 5.48. The number of nitrogens with one attached hydrogen (secondary N) is 1. The summed E-state index contributed by atoms with van der Waals surface area (Å²) in [4.78, 5) is 2.55. The van der Waals surface area contributed by atoms with Gasteiger partial charge in [-0.1, -0.05) is 24.6 Å². The van der Waals surface area contributed by atoms with E-state index in [1.165, 1.54) is 30.5 Å². The maximum Gasteiger partial charge on any atom is 0.123 e. The molecule has 19 heavy (non-hydrogen) atoms. The van der Waals surface area contributed by atoms with Crippen LogP contribution in [-0.4, -0.2) is 37.7 Å². The van der Waals surface area contributed by atoms with Crippen molar-refractivity contribution in [1.29, 1.82) is 0 Å². The van der Waals surface area contributed by atoms with Crippen molar-refractivity contribution in [3.8, 4) is 5.75 Å².